The highest BCUT2D eigenvalue weighted by Crippen LogP contribution is 2.17. The van der Waals surface area contributed by atoms with Crippen LogP contribution < -0.4 is 16.4 Å². The average molecular weight is 377 g/mol. The Morgan fingerprint density at radius 2 is 1.71 bits per heavy atom. The van der Waals surface area contributed by atoms with Crippen LogP contribution in [0.15, 0.2) is 64.8 Å². The standard InChI is InChI=1S/C21H23N5O2/c22-16-10-4-5-11-17(16)24-20(27)12-6-7-13-23-21(28)19-14-18(25-26-19)15-8-2-1-3-9-15/h1-5,8-11H,6-7,12-14,22H2,(H,23,28)(H,24,27). The molecule has 28 heavy (non-hydrogen) atoms. The molecule has 2 aromatic rings. The summed E-state index contributed by atoms with van der Waals surface area (Å²) in [4.78, 5) is 24.1. The molecule has 2 aromatic carbocycles. The van der Waals surface area contributed by atoms with Crippen molar-refractivity contribution in [2.75, 3.05) is 17.6 Å². The SMILES string of the molecule is Nc1ccccc1NC(=O)CCCCNC(=O)C1=NN=C(c2ccccc2)C1. The Morgan fingerprint density at radius 3 is 2.50 bits per heavy atom. The van der Waals surface area contributed by atoms with Gasteiger partial charge in [0.05, 0.1) is 17.1 Å². The summed E-state index contributed by atoms with van der Waals surface area (Å²) in [5.74, 6) is -0.304. The lowest BCUT2D eigenvalue weighted by atomic mass is 10.1. The van der Waals surface area contributed by atoms with E-state index in [1.54, 1.807) is 12.1 Å². The molecular weight excluding hydrogens is 354 g/mol. The number of rotatable bonds is 8. The molecule has 0 fully saturated rings. The Morgan fingerprint density at radius 1 is 0.964 bits per heavy atom. The second kappa shape index (κ2) is 9.45. The molecule has 2 amide bonds. The molecule has 0 unspecified atom stereocenters. The van der Waals surface area contributed by atoms with Crippen molar-refractivity contribution in [3.05, 3.63) is 60.2 Å². The second-order valence-electron chi connectivity index (χ2n) is 6.48. The average Bonchev–Trinajstić information content (AvgIpc) is 3.20. The fourth-order valence-corrected chi connectivity index (χ4v) is 2.80. The van der Waals surface area contributed by atoms with E-state index in [-0.39, 0.29) is 11.8 Å². The van der Waals surface area contributed by atoms with Gasteiger partial charge in [0.25, 0.3) is 5.91 Å². The largest absolute Gasteiger partial charge is 0.397 e. The van der Waals surface area contributed by atoms with Gasteiger partial charge in [0, 0.05) is 19.4 Å². The van der Waals surface area contributed by atoms with Crippen LogP contribution in [0.4, 0.5) is 11.4 Å². The van der Waals surface area contributed by atoms with Gasteiger partial charge in [-0.1, -0.05) is 42.5 Å². The fraction of sp³-hybridized carbons (Fsp3) is 0.238. The van der Waals surface area contributed by atoms with Gasteiger partial charge in [0.15, 0.2) is 0 Å². The van der Waals surface area contributed by atoms with E-state index in [0.717, 1.165) is 11.3 Å². The van der Waals surface area contributed by atoms with E-state index >= 15 is 0 Å². The van der Waals surface area contributed by atoms with Crippen molar-refractivity contribution < 1.29 is 9.59 Å². The van der Waals surface area contributed by atoms with Crippen LogP contribution in [0.1, 0.15) is 31.2 Å². The Balaban J connectivity index is 1.32. The maximum absolute atomic E-state index is 12.2. The number of hydrogen-bond acceptors (Lipinski definition) is 5. The van der Waals surface area contributed by atoms with Crippen LogP contribution in [0, 0.1) is 0 Å². The number of amides is 2. The van der Waals surface area contributed by atoms with Crippen molar-refractivity contribution in [1.29, 1.82) is 0 Å². The third-order valence-corrected chi connectivity index (χ3v) is 4.35. The smallest absolute Gasteiger partial charge is 0.267 e. The maximum atomic E-state index is 12.2. The Kier molecular flexibility index (Phi) is 6.51. The number of nitrogen functional groups attached to an aromatic ring is 1. The summed E-state index contributed by atoms with van der Waals surface area (Å²) in [6.07, 6.45) is 2.16. The van der Waals surface area contributed by atoms with E-state index < -0.39 is 0 Å². The molecule has 0 aromatic heterocycles. The summed E-state index contributed by atoms with van der Waals surface area (Å²) < 4.78 is 0. The molecule has 0 saturated carbocycles. The van der Waals surface area contributed by atoms with Crippen LogP contribution in [0.25, 0.3) is 0 Å². The first-order valence-corrected chi connectivity index (χ1v) is 9.25. The monoisotopic (exact) mass is 377 g/mol. The number of unbranched alkanes of at least 4 members (excludes halogenated alkanes) is 1. The molecule has 144 valence electrons. The Hall–Kier alpha value is -3.48. The molecule has 7 heteroatoms. The number of carbonyl (C=O) groups is 2. The van der Waals surface area contributed by atoms with Gasteiger partial charge in [-0.3, -0.25) is 9.59 Å². The van der Waals surface area contributed by atoms with E-state index in [1.807, 2.05) is 42.5 Å². The zero-order valence-corrected chi connectivity index (χ0v) is 15.5. The normalized spacial score (nSPS) is 12.9. The Labute approximate surface area is 163 Å². The molecule has 1 aliphatic heterocycles. The van der Waals surface area contributed by atoms with E-state index in [9.17, 15) is 9.59 Å². The number of nitrogens with zero attached hydrogens (tertiary/aromatic N) is 2. The number of nitrogens with two attached hydrogens (primary N) is 1. The van der Waals surface area contributed by atoms with Crippen molar-refractivity contribution >= 4 is 34.6 Å². The predicted molar refractivity (Wildman–Crippen MR) is 111 cm³/mol. The third kappa shape index (κ3) is 5.26. The topological polar surface area (TPSA) is 109 Å². The molecule has 0 spiro atoms. The van der Waals surface area contributed by atoms with E-state index in [4.69, 9.17) is 5.73 Å². The summed E-state index contributed by atoms with van der Waals surface area (Å²) in [5, 5.41) is 13.7. The number of anilines is 2. The zero-order valence-electron chi connectivity index (χ0n) is 15.5. The van der Waals surface area contributed by atoms with Gasteiger partial charge in [0.2, 0.25) is 5.91 Å². The summed E-state index contributed by atoms with van der Waals surface area (Å²) in [5.41, 5.74) is 9.14. The molecule has 0 aliphatic carbocycles. The quantitative estimate of drug-likeness (QED) is 0.486. The zero-order chi connectivity index (χ0) is 19.8. The van der Waals surface area contributed by atoms with Gasteiger partial charge >= 0.3 is 0 Å². The van der Waals surface area contributed by atoms with E-state index in [1.165, 1.54) is 0 Å². The highest BCUT2D eigenvalue weighted by atomic mass is 16.2. The lowest BCUT2D eigenvalue weighted by Gasteiger charge is -2.08. The van der Waals surface area contributed by atoms with E-state index in [0.29, 0.717) is 49.3 Å². The molecule has 1 aliphatic rings. The highest BCUT2D eigenvalue weighted by Gasteiger charge is 2.20. The molecular formula is C21H23N5O2. The van der Waals surface area contributed by atoms with Crippen LogP contribution in [-0.2, 0) is 9.59 Å². The number of hydrogen-bond donors (Lipinski definition) is 3. The summed E-state index contributed by atoms with van der Waals surface area (Å²) in [7, 11) is 0. The molecule has 4 N–H and O–H groups in total. The van der Waals surface area contributed by atoms with Crippen LogP contribution in [0.5, 0.6) is 0 Å². The molecule has 0 saturated heterocycles. The molecule has 0 bridgehead atoms. The van der Waals surface area contributed by atoms with Crippen LogP contribution in [0.2, 0.25) is 0 Å². The van der Waals surface area contributed by atoms with Crippen molar-refractivity contribution in [2.24, 2.45) is 10.2 Å². The van der Waals surface area contributed by atoms with Crippen molar-refractivity contribution in [2.45, 2.75) is 25.7 Å². The van der Waals surface area contributed by atoms with Gasteiger partial charge < -0.3 is 16.4 Å². The highest BCUT2D eigenvalue weighted by molar-refractivity contribution is 6.44. The van der Waals surface area contributed by atoms with Gasteiger partial charge in [-0.25, -0.2) is 0 Å². The van der Waals surface area contributed by atoms with Gasteiger partial charge in [-0.05, 0) is 30.5 Å². The van der Waals surface area contributed by atoms with Crippen molar-refractivity contribution in [1.82, 2.24) is 5.32 Å². The number of nitrogens with one attached hydrogen (secondary N) is 2. The lowest BCUT2D eigenvalue weighted by molar-refractivity contribution is -0.116. The number of para-hydroxylation sites is 2. The maximum Gasteiger partial charge on any atom is 0.267 e. The summed E-state index contributed by atoms with van der Waals surface area (Å²) >= 11 is 0. The van der Waals surface area contributed by atoms with Gasteiger partial charge in [-0.2, -0.15) is 5.10 Å². The molecule has 1 heterocycles. The van der Waals surface area contributed by atoms with Gasteiger partial charge in [-0.15, -0.1) is 5.10 Å². The second-order valence-corrected chi connectivity index (χ2v) is 6.48. The summed E-state index contributed by atoms with van der Waals surface area (Å²) in [6, 6.07) is 16.8. The van der Waals surface area contributed by atoms with Crippen LogP contribution in [-0.4, -0.2) is 29.8 Å². The first kappa shape index (κ1) is 19.3. The lowest BCUT2D eigenvalue weighted by Crippen LogP contribution is -2.31. The molecule has 3 rings (SSSR count). The molecule has 7 nitrogen and oxygen atoms in total. The van der Waals surface area contributed by atoms with Crippen molar-refractivity contribution in [3.63, 3.8) is 0 Å². The first-order valence-electron chi connectivity index (χ1n) is 9.25. The van der Waals surface area contributed by atoms with Gasteiger partial charge in [0.1, 0.15) is 5.71 Å². The first-order chi connectivity index (χ1) is 13.6. The minimum atomic E-state index is -0.212. The predicted octanol–water partition coefficient (Wildman–Crippen LogP) is 2.74. The molecule has 0 radical (unpaired) electrons. The molecule has 0 atom stereocenters. The van der Waals surface area contributed by atoms with Crippen LogP contribution >= 0.6 is 0 Å². The Bertz CT molecular complexity index is 906. The van der Waals surface area contributed by atoms with Crippen LogP contribution in [0.3, 0.4) is 0 Å². The van der Waals surface area contributed by atoms with Crippen molar-refractivity contribution in [3.8, 4) is 0 Å². The van der Waals surface area contributed by atoms with E-state index in [2.05, 4.69) is 20.8 Å². The third-order valence-electron chi connectivity index (χ3n) is 4.35. The summed E-state index contributed by atoms with van der Waals surface area (Å²) in [6.45, 7) is 0.485. The minimum Gasteiger partial charge on any atom is -0.397 e. The fourth-order valence-electron chi connectivity index (χ4n) is 2.80. The minimum absolute atomic E-state index is 0.0923. The number of carbonyl (C=O) groups excluding carboxylic acids is 2. The number of benzene rings is 2.